The third kappa shape index (κ3) is 8.14. The molecule has 0 fully saturated rings. The second kappa shape index (κ2) is 12.7. The van der Waals surface area contributed by atoms with Crippen LogP contribution in [0.3, 0.4) is 0 Å². The van der Waals surface area contributed by atoms with E-state index in [-0.39, 0.29) is 57.2 Å². The van der Waals surface area contributed by atoms with Gasteiger partial charge in [0.2, 0.25) is 25.8 Å². The van der Waals surface area contributed by atoms with Gasteiger partial charge in [0, 0.05) is 31.2 Å². The van der Waals surface area contributed by atoms with Crippen molar-refractivity contribution < 1.29 is 31.1 Å². The number of alkyl halides is 1. The number of halogens is 3. The second-order valence-corrected chi connectivity index (χ2v) is 13.5. The van der Waals surface area contributed by atoms with E-state index in [4.69, 9.17) is 44.3 Å². The molecule has 0 aliphatic carbocycles. The van der Waals surface area contributed by atoms with Crippen LogP contribution in [0, 0.1) is 11.8 Å². The third-order valence-corrected chi connectivity index (χ3v) is 9.00. The van der Waals surface area contributed by atoms with E-state index in [1.807, 2.05) is 6.92 Å². The van der Waals surface area contributed by atoms with Gasteiger partial charge in [-0.05, 0) is 36.4 Å². The SMILES string of the molecule is CC(=O)N(C[C@@H](C)COc1ccc(S(=O)(=O)c2cc(Cl)c(OC[C@@H](C)CCl)c(Cl)c2)cc1)S(C)(=O)=O. The lowest BCUT2D eigenvalue weighted by molar-refractivity contribution is -0.124. The monoisotopic (exact) mass is 599 g/mol. The molecule has 0 aliphatic rings. The van der Waals surface area contributed by atoms with Crippen LogP contribution in [-0.4, -0.2) is 58.9 Å². The predicted molar refractivity (Wildman–Crippen MR) is 141 cm³/mol. The maximum atomic E-state index is 13.1. The van der Waals surface area contributed by atoms with Crippen LogP contribution in [0.2, 0.25) is 10.0 Å². The second-order valence-electron chi connectivity index (χ2n) is 8.49. The van der Waals surface area contributed by atoms with Gasteiger partial charge in [-0.15, -0.1) is 11.6 Å². The van der Waals surface area contributed by atoms with E-state index >= 15 is 0 Å². The van der Waals surface area contributed by atoms with Gasteiger partial charge in [-0.25, -0.2) is 21.1 Å². The van der Waals surface area contributed by atoms with Gasteiger partial charge < -0.3 is 9.47 Å². The average Bonchev–Trinajstić information content (AvgIpc) is 2.79. The van der Waals surface area contributed by atoms with E-state index in [1.165, 1.54) is 43.3 Å². The number of rotatable bonds is 12. The van der Waals surface area contributed by atoms with Crippen LogP contribution < -0.4 is 9.47 Å². The number of sulfone groups is 1. The Kier molecular flexibility index (Phi) is 10.8. The summed E-state index contributed by atoms with van der Waals surface area (Å²) in [5.41, 5.74) is 0. The van der Waals surface area contributed by atoms with Gasteiger partial charge >= 0.3 is 0 Å². The van der Waals surface area contributed by atoms with Crippen LogP contribution in [0.5, 0.6) is 11.5 Å². The molecule has 2 aromatic carbocycles. The molecule has 0 saturated carbocycles. The van der Waals surface area contributed by atoms with Crippen molar-refractivity contribution in [1.29, 1.82) is 0 Å². The zero-order valence-corrected chi connectivity index (χ0v) is 24.1. The van der Waals surface area contributed by atoms with E-state index in [2.05, 4.69) is 0 Å². The minimum atomic E-state index is -3.94. The summed E-state index contributed by atoms with van der Waals surface area (Å²) in [6.07, 6.45) is 0.962. The van der Waals surface area contributed by atoms with Crippen LogP contribution in [0.25, 0.3) is 0 Å². The highest BCUT2D eigenvalue weighted by atomic mass is 35.5. The van der Waals surface area contributed by atoms with Crippen LogP contribution in [0.15, 0.2) is 46.2 Å². The summed E-state index contributed by atoms with van der Waals surface area (Å²) in [7, 11) is -7.62. The standard InChI is InChI=1S/C23H28Cl3NO7S2/c1-15(11-24)13-34-23-21(25)9-20(10-22(23)26)36(31,32)19-7-5-18(6-8-19)33-14-16(2)12-27(17(3)28)35(4,29)30/h5-10,15-16H,11-14H2,1-4H3/t15-,16+/m0/s1. The topological polar surface area (TPSA) is 107 Å². The first-order chi connectivity index (χ1) is 16.7. The minimum Gasteiger partial charge on any atom is -0.493 e. The summed E-state index contributed by atoms with van der Waals surface area (Å²) in [6.45, 7) is 5.15. The van der Waals surface area contributed by atoms with Gasteiger partial charge in [0.15, 0.2) is 5.75 Å². The van der Waals surface area contributed by atoms with E-state index in [9.17, 15) is 21.6 Å². The molecule has 0 heterocycles. The lowest BCUT2D eigenvalue weighted by atomic mass is 10.2. The summed E-state index contributed by atoms with van der Waals surface area (Å²) in [5.74, 6) is 0.124. The summed E-state index contributed by atoms with van der Waals surface area (Å²) in [5, 5.41) is 0.121. The highest BCUT2D eigenvalue weighted by molar-refractivity contribution is 7.91. The van der Waals surface area contributed by atoms with Crippen LogP contribution in [-0.2, 0) is 24.7 Å². The average molecular weight is 601 g/mol. The molecule has 0 unspecified atom stereocenters. The number of carbonyl (C=O) groups is 1. The zero-order chi connectivity index (χ0) is 27.3. The summed E-state index contributed by atoms with van der Waals surface area (Å²) in [6, 6.07) is 8.26. The molecule has 0 N–H and O–H groups in total. The molecule has 0 aromatic heterocycles. The molecule has 1 amide bonds. The van der Waals surface area contributed by atoms with Crippen molar-refractivity contribution in [1.82, 2.24) is 4.31 Å². The first kappa shape index (κ1) is 30.5. The Bertz CT molecular complexity index is 1260. The van der Waals surface area contributed by atoms with Crippen LogP contribution in [0.1, 0.15) is 20.8 Å². The van der Waals surface area contributed by atoms with Gasteiger partial charge in [0.25, 0.3) is 0 Å². The quantitative estimate of drug-likeness (QED) is 0.319. The minimum absolute atomic E-state index is 0.000654. The van der Waals surface area contributed by atoms with Crippen molar-refractivity contribution in [2.75, 3.05) is 31.9 Å². The molecule has 0 radical (unpaired) electrons. The molecule has 0 bridgehead atoms. The highest BCUT2D eigenvalue weighted by Gasteiger charge is 2.24. The number of hydrogen-bond acceptors (Lipinski definition) is 7. The van der Waals surface area contributed by atoms with Crippen molar-refractivity contribution in [2.24, 2.45) is 11.8 Å². The molecule has 0 saturated heterocycles. The zero-order valence-electron chi connectivity index (χ0n) is 20.2. The van der Waals surface area contributed by atoms with E-state index in [1.54, 1.807) is 6.92 Å². The Morgan fingerprint density at radius 2 is 1.44 bits per heavy atom. The Balaban J connectivity index is 2.12. The van der Waals surface area contributed by atoms with E-state index in [0.29, 0.717) is 11.6 Å². The van der Waals surface area contributed by atoms with Gasteiger partial charge in [0.1, 0.15) is 5.75 Å². The van der Waals surface area contributed by atoms with Gasteiger partial charge in [-0.1, -0.05) is 37.0 Å². The predicted octanol–water partition coefficient (Wildman–Crippen LogP) is 4.90. The van der Waals surface area contributed by atoms with Gasteiger partial charge in [0.05, 0.1) is 39.3 Å². The Morgan fingerprint density at radius 3 is 1.92 bits per heavy atom. The summed E-state index contributed by atoms with van der Waals surface area (Å²) in [4.78, 5) is 11.5. The molecule has 8 nitrogen and oxygen atoms in total. The lowest BCUT2D eigenvalue weighted by Crippen LogP contribution is -2.38. The first-order valence-corrected chi connectivity index (χ1v) is 15.4. The fourth-order valence-electron chi connectivity index (χ4n) is 3.02. The number of benzene rings is 2. The van der Waals surface area contributed by atoms with Crippen LogP contribution >= 0.6 is 34.8 Å². The van der Waals surface area contributed by atoms with Crippen molar-refractivity contribution in [3.63, 3.8) is 0 Å². The van der Waals surface area contributed by atoms with Gasteiger partial charge in [-0.3, -0.25) is 4.79 Å². The molecule has 2 atom stereocenters. The summed E-state index contributed by atoms with van der Waals surface area (Å²) < 4.78 is 61.7. The maximum Gasteiger partial charge on any atom is 0.234 e. The smallest absolute Gasteiger partial charge is 0.234 e. The fourth-order valence-corrected chi connectivity index (χ4v) is 6.14. The fraction of sp³-hybridized carbons (Fsp3) is 0.435. The molecule has 2 rings (SSSR count). The molecule has 0 spiro atoms. The Labute approximate surface area is 227 Å². The molecular weight excluding hydrogens is 573 g/mol. The largest absolute Gasteiger partial charge is 0.493 e. The van der Waals surface area contributed by atoms with Crippen molar-refractivity contribution >= 4 is 60.6 Å². The normalized spacial score (nSPS) is 13.6. The van der Waals surface area contributed by atoms with E-state index < -0.39 is 25.8 Å². The highest BCUT2D eigenvalue weighted by Crippen LogP contribution is 2.37. The number of carbonyl (C=O) groups excluding carboxylic acids is 1. The number of hydrogen-bond donors (Lipinski definition) is 0. The molecule has 36 heavy (non-hydrogen) atoms. The molecule has 0 aliphatic heterocycles. The number of sulfonamides is 1. The number of amides is 1. The van der Waals surface area contributed by atoms with Crippen molar-refractivity contribution in [2.45, 2.75) is 30.6 Å². The Morgan fingerprint density at radius 1 is 0.917 bits per heavy atom. The lowest BCUT2D eigenvalue weighted by Gasteiger charge is -2.22. The van der Waals surface area contributed by atoms with E-state index in [0.717, 1.165) is 10.6 Å². The van der Waals surface area contributed by atoms with Crippen molar-refractivity contribution in [3.05, 3.63) is 46.4 Å². The molecule has 200 valence electrons. The van der Waals surface area contributed by atoms with Crippen LogP contribution in [0.4, 0.5) is 0 Å². The molecular formula is C23H28Cl3NO7S2. The van der Waals surface area contributed by atoms with Gasteiger partial charge in [-0.2, -0.15) is 0 Å². The first-order valence-electron chi connectivity index (χ1n) is 10.8. The number of nitrogens with zero attached hydrogens (tertiary/aromatic N) is 1. The Hall–Kier alpha value is -1.72. The van der Waals surface area contributed by atoms with Crippen molar-refractivity contribution in [3.8, 4) is 11.5 Å². The molecule has 2 aromatic rings. The molecule has 13 heteroatoms. The third-order valence-electron chi connectivity index (χ3n) is 4.96. The maximum absolute atomic E-state index is 13.1. The number of ether oxygens (including phenoxy) is 2. The summed E-state index contributed by atoms with van der Waals surface area (Å²) >= 11 is 18.3.